The summed E-state index contributed by atoms with van der Waals surface area (Å²) < 4.78 is 6.24. The summed E-state index contributed by atoms with van der Waals surface area (Å²) in [7, 11) is 0. The highest BCUT2D eigenvalue weighted by Gasteiger charge is 2.63. The molecule has 6 rings (SSSR count). The van der Waals surface area contributed by atoms with Crippen LogP contribution in [0.4, 0.5) is 0 Å². The molecule has 1 amide bonds. The van der Waals surface area contributed by atoms with Crippen molar-refractivity contribution in [2.45, 2.75) is 12.3 Å². The number of hydrogen-bond acceptors (Lipinski definition) is 5. The molecule has 1 spiro atoms. The third kappa shape index (κ3) is 3.89. The number of oxime groups is 1. The zero-order chi connectivity index (χ0) is 25.2. The molecule has 37 heavy (non-hydrogen) atoms. The summed E-state index contributed by atoms with van der Waals surface area (Å²) in [6, 6.07) is 36.9. The first-order valence-electron chi connectivity index (χ1n) is 11.9. The van der Waals surface area contributed by atoms with Gasteiger partial charge in [-0.25, -0.2) is 0 Å². The molecule has 4 aromatic carbocycles. The van der Waals surface area contributed by atoms with Gasteiger partial charge in [-0.05, 0) is 28.4 Å². The van der Waals surface area contributed by atoms with Gasteiger partial charge in [-0.2, -0.15) is 0 Å². The Balaban J connectivity index is 1.55. The molecule has 0 radical (unpaired) electrons. The zero-order valence-electron chi connectivity index (χ0n) is 19.8. The maximum Gasteiger partial charge on any atom is 0.389 e. The number of ketones is 1. The average Bonchev–Trinajstić information content (AvgIpc) is 3.51. The Kier molecular flexibility index (Phi) is 5.62. The van der Waals surface area contributed by atoms with Crippen LogP contribution in [0.15, 0.2) is 132 Å². The minimum absolute atomic E-state index is 0.0977. The first kappa shape index (κ1) is 22.5. The largest absolute Gasteiger partial charge is 0.418 e. The predicted molar refractivity (Wildman–Crippen MR) is 139 cm³/mol. The lowest BCUT2D eigenvalue weighted by Crippen LogP contribution is -2.46. The average molecular weight is 487 g/mol. The van der Waals surface area contributed by atoms with Crippen LogP contribution < -0.4 is 0 Å². The summed E-state index contributed by atoms with van der Waals surface area (Å²) >= 11 is 0. The lowest BCUT2D eigenvalue weighted by atomic mass is 9.94. The van der Waals surface area contributed by atoms with E-state index >= 15 is 0 Å². The fourth-order valence-electron chi connectivity index (χ4n) is 4.63. The summed E-state index contributed by atoms with van der Waals surface area (Å²) in [6.07, 6.45) is 0. The Hall–Kier alpha value is -4.97. The van der Waals surface area contributed by atoms with Crippen molar-refractivity contribution in [2.24, 2.45) is 5.16 Å². The minimum atomic E-state index is -2.04. The van der Waals surface area contributed by atoms with E-state index in [1.807, 2.05) is 97.1 Å². The molecule has 1 unspecified atom stereocenters. The molecule has 2 aliphatic heterocycles. The van der Waals surface area contributed by atoms with Crippen molar-refractivity contribution < 1.29 is 19.2 Å². The lowest BCUT2D eigenvalue weighted by molar-refractivity contribution is -0.173. The number of ether oxygens (including phenoxy) is 1. The van der Waals surface area contributed by atoms with Crippen LogP contribution in [-0.2, 0) is 20.9 Å². The molecule has 0 aromatic heterocycles. The zero-order valence-corrected chi connectivity index (χ0v) is 19.8. The van der Waals surface area contributed by atoms with Crippen LogP contribution in [0.3, 0.4) is 0 Å². The maximum atomic E-state index is 14.2. The van der Waals surface area contributed by atoms with Crippen molar-refractivity contribution in [1.29, 1.82) is 0 Å². The van der Waals surface area contributed by atoms with Crippen LogP contribution in [0.25, 0.3) is 5.70 Å². The molecule has 0 fully saturated rings. The molecule has 0 aliphatic carbocycles. The van der Waals surface area contributed by atoms with Gasteiger partial charge in [0.25, 0.3) is 5.90 Å². The minimum Gasteiger partial charge on any atom is -0.418 e. The van der Waals surface area contributed by atoms with E-state index in [0.717, 1.165) is 5.56 Å². The number of carbonyl (C=O) groups excluding carboxylic acids is 2. The van der Waals surface area contributed by atoms with Gasteiger partial charge in [0, 0.05) is 11.1 Å². The Labute approximate surface area is 214 Å². The fourth-order valence-corrected chi connectivity index (χ4v) is 4.63. The van der Waals surface area contributed by atoms with E-state index in [0.29, 0.717) is 22.4 Å². The molecule has 0 saturated carbocycles. The van der Waals surface area contributed by atoms with Crippen molar-refractivity contribution >= 4 is 23.3 Å². The van der Waals surface area contributed by atoms with Gasteiger partial charge in [-0.1, -0.05) is 109 Å². The van der Waals surface area contributed by atoms with Gasteiger partial charge < -0.3 is 9.57 Å². The molecule has 2 aliphatic rings. The van der Waals surface area contributed by atoms with Crippen LogP contribution in [0.5, 0.6) is 0 Å². The fraction of sp³-hybridized carbons (Fsp3) is 0.0645. The SMILES string of the molecule is O=C(C1=C(c2ccccc2)N(Cc2ccccc2)C(=O)C12ON=C(c1ccccc1)O2)c1ccccc1. The molecule has 180 valence electrons. The van der Waals surface area contributed by atoms with E-state index in [1.165, 1.54) is 0 Å². The molecule has 0 saturated heterocycles. The first-order valence-corrected chi connectivity index (χ1v) is 11.9. The second-order valence-corrected chi connectivity index (χ2v) is 8.73. The van der Waals surface area contributed by atoms with Gasteiger partial charge >= 0.3 is 11.7 Å². The van der Waals surface area contributed by atoms with Gasteiger partial charge in [-0.15, -0.1) is 0 Å². The van der Waals surface area contributed by atoms with E-state index in [9.17, 15) is 9.59 Å². The Bertz CT molecular complexity index is 1520. The number of Topliss-reactive ketones (excluding diaryl/α,β-unsaturated/α-hetero) is 1. The molecular weight excluding hydrogens is 464 g/mol. The summed E-state index contributed by atoms with van der Waals surface area (Å²) in [5.41, 5.74) is 3.19. The highest BCUT2D eigenvalue weighted by atomic mass is 16.8. The molecule has 0 N–H and O–H groups in total. The number of nitrogens with zero attached hydrogens (tertiary/aromatic N) is 2. The predicted octanol–water partition coefficient (Wildman–Crippen LogP) is 5.43. The van der Waals surface area contributed by atoms with Crippen LogP contribution in [0.2, 0.25) is 0 Å². The van der Waals surface area contributed by atoms with Crippen LogP contribution in [0, 0.1) is 0 Å². The number of carbonyl (C=O) groups is 2. The van der Waals surface area contributed by atoms with Crippen molar-refractivity contribution in [3.8, 4) is 0 Å². The number of rotatable bonds is 6. The van der Waals surface area contributed by atoms with E-state index in [4.69, 9.17) is 9.57 Å². The van der Waals surface area contributed by atoms with Gasteiger partial charge in [0.05, 0.1) is 12.2 Å². The highest BCUT2D eigenvalue weighted by molar-refractivity contribution is 6.23. The molecule has 6 heteroatoms. The third-order valence-corrected chi connectivity index (χ3v) is 6.37. The lowest BCUT2D eigenvalue weighted by Gasteiger charge is -2.23. The second kappa shape index (κ2) is 9.24. The van der Waals surface area contributed by atoms with E-state index in [1.54, 1.807) is 29.2 Å². The number of amides is 1. The smallest absolute Gasteiger partial charge is 0.389 e. The summed E-state index contributed by atoms with van der Waals surface area (Å²) in [4.78, 5) is 35.8. The van der Waals surface area contributed by atoms with Crippen LogP contribution in [-0.4, -0.2) is 28.3 Å². The monoisotopic (exact) mass is 486 g/mol. The summed E-state index contributed by atoms with van der Waals surface area (Å²) in [5, 5.41) is 4.15. The highest BCUT2D eigenvalue weighted by Crippen LogP contribution is 2.46. The maximum absolute atomic E-state index is 14.2. The third-order valence-electron chi connectivity index (χ3n) is 6.37. The second-order valence-electron chi connectivity index (χ2n) is 8.73. The van der Waals surface area contributed by atoms with Crippen molar-refractivity contribution in [3.63, 3.8) is 0 Å². The van der Waals surface area contributed by atoms with E-state index in [2.05, 4.69) is 5.16 Å². The Morgan fingerprint density at radius 2 is 1.27 bits per heavy atom. The standard InChI is InChI=1S/C31H22N2O4/c34-28(24-17-9-3-10-18-24)26-27(23-15-7-2-8-16-23)33(21-22-13-5-1-6-14-22)30(35)31(26)36-29(32-37-31)25-19-11-4-12-20-25/h1-20H,21H2. The van der Waals surface area contributed by atoms with E-state index in [-0.39, 0.29) is 23.8 Å². The summed E-state index contributed by atoms with van der Waals surface area (Å²) in [6.45, 7) is 0.227. The summed E-state index contributed by atoms with van der Waals surface area (Å²) in [5.74, 6) is -2.78. The number of hydrogen-bond donors (Lipinski definition) is 0. The topological polar surface area (TPSA) is 68.2 Å². The molecule has 2 heterocycles. The van der Waals surface area contributed by atoms with Gasteiger partial charge in [0.1, 0.15) is 5.57 Å². The normalized spacial score (nSPS) is 18.5. The quantitative estimate of drug-likeness (QED) is 0.341. The van der Waals surface area contributed by atoms with Gasteiger partial charge in [0.15, 0.2) is 5.78 Å². The molecule has 4 aromatic rings. The van der Waals surface area contributed by atoms with Crippen LogP contribution in [0.1, 0.15) is 27.0 Å². The first-order chi connectivity index (χ1) is 18.2. The molecule has 1 atom stereocenters. The number of benzene rings is 4. The van der Waals surface area contributed by atoms with Crippen molar-refractivity contribution in [3.05, 3.63) is 149 Å². The molecule has 6 nitrogen and oxygen atoms in total. The molecular formula is C31H22N2O4. The van der Waals surface area contributed by atoms with Gasteiger partial charge in [0.2, 0.25) is 0 Å². The van der Waals surface area contributed by atoms with E-state index < -0.39 is 11.7 Å². The van der Waals surface area contributed by atoms with Crippen LogP contribution >= 0.6 is 0 Å². The molecule has 0 bridgehead atoms. The van der Waals surface area contributed by atoms with Crippen molar-refractivity contribution in [2.75, 3.05) is 0 Å². The van der Waals surface area contributed by atoms with Crippen molar-refractivity contribution in [1.82, 2.24) is 4.90 Å². The van der Waals surface area contributed by atoms with Gasteiger partial charge in [-0.3, -0.25) is 14.5 Å². The Morgan fingerprint density at radius 3 is 1.89 bits per heavy atom. The Morgan fingerprint density at radius 1 is 0.730 bits per heavy atom.